The summed E-state index contributed by atoms with van der Waals surface area (Å²) in [5, 5.41) is 2.84. The molecule has 0 radical (unpaired) electrons. The summed E-state index contributed by atoms with van der Waals surface area (Å²) in [5.41, 5.74) is -0.481. The van der Waals surface area contributed by atoms with Crippen LogP contribution in [0.2, 0.25) is 0 Å². The van der Waals surface area contributed by atoms with E-state index in [1.807, 2.05) is 74.6 Å². The molecule has 21 heteroatoms. The molecule has 0 bridgehead atoms. The normalized spacial score (nSPS) is 37.2. The van der Waals surface area contributed by atoms with Crippen LogP contribution in [0.25, 0.3) is 0 Å². The lowest BCUT2D eigenvalue weighted by Crippen LogP contribution is -2.57. The molecule has 5 rings (SSSR count). The Morgan fingerprint density at radius 1 is 0.821 bits per heavy atom. The Hall–Kier alpha value is -4.45. The van der Waals surface area contributed by atoms with Gasteiger partial charge < -0.3 is 71.9 Å². The average Bonchev–Trinajstić information content (AvgIpc) is 2.35. The van der Waals surface area contributed by atoms with Crippen LogP contribution in [0.5, 0.6) is 0 Å². The Labute approximate surface area is 499 Å². The number of ether oxygens (including phenoxy) is 12. The molecule has 0 aliphatic carbocycles. The number of nitrogens with zero attached hydrogens (tertiary/aromatic N) is 2. The first-order chi connectivity index (χ1) is 39.5. The Bertz CT molecular complexity index is 2330. The predicted octanol–water partition coefficient (Wildman–Crippen LogP) is 8.00. The zero-order valence-electron chi connectivity index (χ0n) is 53.3. The second kappa shape index (κ2) is 32.0. The molecule has 4 aliphatic heterocycles. The number of Topliss-reactive ketones (excluding diaryl/α,β-unsaturated/α-hetero) is 2. The minimum absolute atomic E-state index is 0.00463. The van der Waals surface area contributed by atoms with Crippen LogP contribution in [-0.2, 0) is 87.2 Å². The fourth-order valence-corrected chi connectivity index (χ4v) is 12.8. The second-order valence-corrected chi connectivity index (χ2v) is 25.2. The van der Waals surface area contributed by atoms with Crippen molar-refractivity contribution in [1.82, 2.24) is 15.2 Å². The van der Waals surface area contributed by atoms with Gasteiger partial charge in [0.2, 0.25) is 0 Å². The number of cyclic esters (lactones) is 1. The van der Waals surface area contributed by atoms with Gasteiger partial charge in [0, 0.05) is 95.6 Å². The zero-order chi connectivity index (χ0) is 62.5. The summed E-state index contributed by atoms with van der Waals surface area (Å²) in [6.07, 6.45) is -7.33. The van der Waals surface area contributed by atoms with E-state index >= 15 is 9.59 Å². The van der Waals surface area contributed by atoms with Gasteiger partial charge in [0.05, 0.1) is 55.1 Å². The van der Waals surface area contributed by atoms with Crippen LogP contribution < -0.4 is 5.32 Å². The number of ketones is 2. The molecule has 0 spiro atoms. The van der Waals surface area contributed by atoms with Gasteiger partial charge in [-0.2, -0.15) is 0 Å². The summed E-state index contributed by atoms with van der Waals surface area (Å²) in [7, 11) is 5.07. The Balaban J connectivity index is 1.70. The Kier molecular flexibility index (Phi) is 26.8. The van der Waals surface area contributed by atoms with Crippen molar-refractivity contribution in [2.75, 3.05) is 41.0 Å². The van der Waals surface area contributed by atoms with Gasteiger partial charge in [0.15, 0.2) is 36.4 Å². The van der Waals surface area contributed by atoms with Crippen LogP contribution in [0, 0.1) is 47.3 Å². The smallest absolute Gasteiger partial charge is 0.408 e. The van der Waals surface area contributed by atoms with Gasteiger partial charge in [-0.3, -0.25) is 24.2 Å². The molecule has 1 aromatic heterocycles. The van der Waals surface area contributed by atoms with Crippen LogP contribution in [0.3, 0.4) is 0 Å². The molecule has 0 aromatic carbocycles. The van der Waals surface area contributed by atoms with Crippen molar-refractivity contribution in [2.24, 2.45) is 47.3 Å². The standard InChI is InChI=1S/C63H101N3O18/c1-33(2)26-49(69)80-54-42(11)52(36(5)32-75-60-57(74-19)56(73-18)48(29-38(7)67)45(14)78-60)82-59(71)44(13)55(81-50-28-37(6)66(17)31-40(9)76-50)41(10)51(83-61-53(79-46(15)68)34(3)27-39(8)77-61)35(4)30-63(16,58(70)43(54)12)84-62(72)65-25-22-47-20-23-64-24-21-47/h20-21,23-24,33,35-37,39-45,48,50-57,60-61H,3,22,25-32H2,1-2,4-19H3,(H,65,72)/t35-,36-,37-,39+,40-,41+,42-,43+,44+,45+,48+,50-,51-,52+,53+,54+,55-,56+,57+,60+,61-,63-/m0/s1. The van der Waals surface area contributed by atoms with Crippen LogP contribution in [-0.4, -0.2) is 178 Å². The lowest BCUT2D eigenvalue weighted by Gasteiger charge is -2.45. The minimum Gasteiger partial charge on any atom is -0.461 e. The molecular formula is C63H101N3O18. The number of pyridine rings is 1. The first-order valence-corrected chi connectivity index (χ1v) is 30.3. The van der Waals surface area contributed by atoms with Gasteiger partial charge in [-0.1, -0.05) is 55.0 Å². The molecular weight excluding hydrogens is 1090 g/mol. The molecule has 1 N–H and O–H groups in total. The third-order valence-corrected chi connectivity index (χ3v) is 17.3. The molecule has 4 fully saturated rings. The summed E-state index contributed by atoms with van der Waals surface area (Å²) in [4.78, 5) is 91.3. The maximum atomic E-state index is 16.0. The average molecular weight is 1190 g/mol. The van der Waals surface area contributed by atoms with Crippen molar-refractivity contribution in [3.05, 3.63) is 42.2 Å². The Morgan fingerprint density at radius 2 is 1.49 bits per heavy atom. The predicted molar refractivity (Wildman–Crippen MR) is 310 cm³/mol. The lowest BCUT2D eigenvalue weighted by atomic mass is 9.74. The number of hydrogen-bond donors (Lipinski definition) is 1. The summed E-state index contributed by atoms with van der Waals surface area (Å²) >= 11 is 0. The summed E-state index contributed by atoms with van der Waals surface area (Å²) in [5.74, 6) is -8.35. The summed E-state index contributed by atoms with van der Waals surface area (Å²) < 4.78 is 77.8. The summed E-state index contributed by atoms with van der Waals surface area (Å²) in [6.45, 7) is 31.4. The number of hydrogen-bond acceptors (Lipinski definition) is 20. The van der Waals surface area contributed by atoms with Crippen molar-refractivity contribution in [2.45, 2.75) is 234 Å². The molecule has 1 amide bonds. The number of alkyl carbamates (subject to hydrolysis) is 1. The fraction of sp³-hybridized carbons (Fsp3) is 0.794. The highest BCUT2D eigenvalue weighted by molar-refractivity contribution is 5.91. The molecule has 5 heterocycles. The van der Waals surface area contributed by atoms with Gasteiger partial charge in [-0.25, -0.2) is 4.79 Å². The van der Waals surface area contributed by atoms with Gasteiger partial charge in [-0.05, 0) is 110 Å². The first-order valence-electron chi connectivity index (χ1n) is 30.3. The number of nitrogens with one attached hydrogen (secondary N) is 1. The molecule has 1 aromatic rings. The van der Waals surface area contributed by atoms with Crippen molar-refractivity contribution in [1.29, 1.82) is 0 Å². The van der Waals surface area contributed by atoms with Crippen molar-refractivity contribution in [3.63, 3.8) is 0 Å². The van der Waals surface area contributed by atoms with Crippen molar-refractivity contribution in [3.8, 4) is 0 Å². The van der Waals surface area contributed by atoms with E-state index in [0.29, 0.717) is 31.4 Å². The minimum atomic E-state index is -1.96. The van der Waals surface area contributed by atoms with Crippen LogP contribution in [0.4, 0.5) is 4.79 Å². The van der Waals surface area contributed by atoms with Gasteiger partial charge in [0.25, 0.3) is 0 Å². The highest BCUT2D eigenvalue weighted by atomic mass is 16.7. The number of carbonyl (C=O) groups excluding carboxylic acids is 6. The third-order valence-electron chi connectivity index (χ3n) is 17.3. The molecule has 84 heavy (non-hydrogen) atoms. The highest BCUT2D eigenvalue weighted by Gasteiger charge is 2.53. The third kappa shape index (κ3) is 19.0. The Morgan fingerprint density at radius 3 is 2.11 bits per heavy atom. The monoisotopic (exact) mass is 1190 g/mol. The van der Waals surface area contributed by atoms with Crippen molar-refractivity contribution < 1.29 is 85.6 Å². The van der Waals surface area contributed by atoms with E-state index in [1.54, 1.807) is 47.2 Å². The van der Waals surface area contributed by atoms with Crippen LogP contribution in [0.15, 0.2) is 36.7 Å². The molecule has 476 valence electrons. The number of amides is 1. The quantitative estimate of drug-likeness (QED) is 0.0738. The molecule has 21 nitrogen and oxygen atoms in total. The van der Waals surface area contributed by atoms with Crippen LogP contribution in [0.1, 0.15) is 142 Å². The van der Waals surface area contributed by atoms with E-state index in [1.165, 1.54) is 21.0 Å². The number of carbonyl (C=O) groups is 6. The largest absolute Gasteiger partial charge is 0.461 e. The van der Waals surface area contributed by atoms with Gasteiger partial charge >= 0.3 is 24.0 Å². The van der Waals surface area contributed by atoms with E-state index in [4.69, 9.17) is 56.8 Å². The molecule has 0 saturated carbocycles. The summed E-state index contributed by atoms with van der Waals surface area (Å²) in [6, 6.07) is 3.67. The SMILES string of the molecule is C=C1C[C@@H](C)O[C@@H](O[C@@H]2[C@@H](C)[C@H](O[C@H]3C[C@H](C)N(C)C[C@H](C)O3)[C@@H](C)C(=O)O[C@H]([C@@H](C)CO[C@@H]3O[C@H](C)[C@@H](CC(C)=O)[C@@H](OC)[C@H]3OC)[C@H](C)[C@@H](OC(=O)CC(C)C)[C@@H](C)C(=O)[C@@](C)(OC(=O)NCCc3ccncc3)C[C@@H]2C)[C@@H]1OC(C)=O. The molecule has 4 saturated heterocycles. The number of aromatic nitrogens is 1. The van der Waals surface area contributed by atoms with E-state index in [9.17, 15) is 19.2 Å². The topological polar surface area (TPSA) is 241 Å². The zero-order valence-corrected chi connectivity index (χ0v) is 53.3. The van der Waals surface area contributed by atoms with Gasteiger partial charge in [0.1, 0.15) is 24.1 Å². The maximum Gasteiger partial charge on any atom is 0.408 e. The van der Waals surface area contributed by atoms with Gasteiger partial charge in [-0.15, -0.1) is 0 Å². The maximum absolute atomic E-state index is 16.0. The highest BCUT2D eigenvalue weighted by Crippen LogP contribution is 2.41. The van der Waals surface area contributed by atoms with E-state index < -0.39 is 145 Å². The lowest BCUT2D eigenvalue weighted by molar-refractivity contribution is -0.295. The molecule has 0 unspecified atom stereocenters. The van der Waals surface area contributed by atoms with E-state index in [-0.39, 0.29) is 62.2 Å². The first kappa shape index (κ1) is 70.3. The molecule has 4 aliphatic rings. The number of likely N-dealkylation sites (N-methyl/N-ethyl adjacent to an activating group) is 1. The number of esters is 3. The van der Waals surface area contributed by atoms with E-state index in [0.717, 1.165) is 5.56 Å². The molecule has 22 atom stereocenters. The second-order valence-electron chi connectivity index (χ2n) is 25.2. The fourth-order valence-electron chi connectivity index (χ4n) is 12.8. The number of methoxy groups -OCH3 is 2. The number of rotatable bonds is 20. The van der Waals surface area contributed by atoms with Crippen molar-refractivity contribution >= 4 is 35.6 Å². The van der Waals surface area contributed by atoms with E-state index in [2.05, 4.69) is 28.7 Å². The van der Waals surface area contributed by atoms with Crippen LogP contribution >= 0.6 is 0 Å².